The van der Waals surface area contributed by atoms with Crippen molar-refractivity contribution in [2.45, 2.75) is 13.8 Å². The number of hydrogen-bond donors (Lipinski definition) is 2. The van der Waals surface area contributed by atoms with Crippen molar-refractivity contribution >= 4 is 33.4 Å². The molecular weight excluding hydrogens is 311 g/mol. The van der Waals surface area contributed by atoms with Gasteiger partial charge in [-0.05, 0) is 32.0 Å². The zero-order valence-corrected chi connectivity index (χ0v) is 12.3. The molecule has 0 amide bonds. The molecule has 0 saturated carbocycles. The Labute approximate surface area is 119 Å². The fourth-order valence-electron chi connectivity index (χ4n) is 1.60. The second-order valence-corrected chi connectivity index (χ2v) is 4.91. The van der Waals surface area contributed by atoms with Crippen LogP contribution in [0.3, 0.4) is 0 Å². The number of hydrogen-bond acceptors (Lipinski definition) is 4. The Balaban J connectivity index is 2.29. The van der Waals surface area contributed by atoms with Crippen molar-refractivity contribution in [3.63, 3.8) is 0 Å². The van der Waals surface area contributed by atoms with Crippen LogP contribution in [-0.2, 0) is 0 Å². The van der Waals surface area contributed by atoms with Gasteiger partial charge >= 0.3 is 0 Å². The summed E-state index contributed by atoms with van der Waals surface area (Å²) in [6, 6.07) is 6.47. The van der Waals surface area contributed by atoms with E-state index in [4.69, 9.17) is 0 Å². The van der Waals surface area contributed by atoms with Crippen LogP contribution < -0.4 is 10.6 Å². The summed E-state index contributed by atoms with van der Waals surface area (Å²) in [4.78, 5) is 8.51. The number of benzene rings is 1. The molecule has 6 heteroatoms. The van der Waals surface area contributed by atoms with Crippen molar-refractivity contribution in [2.75, 3.05) is 17.2 Å². The van der Waals surface area contributed by atoms with Gasteiger partial charge in [-0.2, -0.15) is 4.98 Å². The number of aromatic nitrogens is 2. The van der Waals surface area contributed by atoms with Crippen molar-refractivity contribution < 1.29 is 4.39 Å². The maximum absolute atomic E-state index is 13.7. The van der Waals surface area contributed by atoms with E-state index in [-0.39, 0.29) is 5.82 Å². The highest BCUT2D eigenvalue weighted by atomic mass is 79.9. The van der Waals surface area contributed by atoms with Crippen LogP contribution in [0.2, 0.25) is 0 Å². The van der Waals surface area contributed by atoms with Gasteiger partial charge in [-0.25, -0.2) is 9.37 Å². The molecule has 0 saturated heterocycles. The molecule has 1 aromatic carbocycles. The zero-order chi connectivity index (χ0) is 13.8. The Morgan fingerprint density at radius 3 is 2.79 bits per heavy atom. The first-order valence-corrected chi connectivity index (χ1v) is 6.69. The third-order valence-corrected chi connectivity index (χ3v) is 2.87. The number of rotatable bonds is 4. The zero-order valence-electron chi connectivity index (χ0n) is 10.7. The van der Waals surface area contributed by atoms with Crippen molar-refractivity contribution in [1.29, 1.82) is 0 Å². The van der Waals surface area contributed by atoms with E-state index in [0.717, 1.165) is 16.7 Å². The topological polar surface area (TPSA) is 49.8 Å². The molecule has 0 bridgehead atoms. The van der Waals surface area contributed by atoms with E-state index >= 15 is 0 Å². The van der Waals surface area contributed by atoms with Gasteiger partial charge < -0.3 is 10.6 Å². The third kappa shape index (κ3) is 3.64. The minimum Gasteiger partial charge on any atom is -0.354 e. The Morgan fingerprint density at radius 1 is 1.26 bits per heavy atom. The molecular formula is C13H14BrFN4. The normalized spacial score (nSPS) is 10.3. The number of anilines is 3. The molecule has 100 valence electrons. The molecule has 2 N–H and O–H groups in total. The van der Waals surface area contributed by atoms with Crippen LogP contribution in [0.25, 0.3) is 0 Å². The lowest BCUT2D eigenvalue weighted by molar-refractivity contribution is 0.631. The lowest BCUT2D eigenvalue weighted by Gasteiger charge is -2.10. The van der Waals surface area contributed by atoms with Crippen LogP contribution in [-0.4, -0.2) is 16.5 Å². The molecule has 0 aliphatic carbocycles. The van der Waals surface area contributed by atoms with Gasteiger partial charge in [-0.3, -0.25) is 0 Å². The van der Waals surface area contributed by atoms with Crippen molar-refractivity contribution in [3.8, 4) is 0 Å². The smallest absolute Gasteiger partial charge is 0.224 e. The van der Waals surface area contributed by atoms with Gasteiger partial charge in [0.1, 0.15) is 11.6 Å². The van der Waals surface area contributed by atoms with E-state index < -0.39 is 0 Å². The van der Waals surface area contributed by atoms with Crippen molar-refractivity contribution in [2.24, 2.45) is 0 Å². The highest BCUT2D eigenvalue weighted by molar-refractivity contribution is 9.10. The second-order valence-electron chi connectivity index (χ2n) is 4.00. The van der Waals surface area contributed by atoms with Crippen molar-refractivity contribution in [3.05, 3.63) is 40.2 Å². The SMILES string of the molecule is CCNc1nc(C)cc(Nc2cc(Br)ccc2F)n1. The minimum atomic E-state index is -0.329. The van der Waals surface area contributed by atoms with Gasteiger partial charge in [0.2, 0.25) is 5.95 Å². The van der Waals surface area contributed by atoms with E-state index in [1.54, 1.807) is 18.2 Å². The van der Waals surface area contributed by atoms with Gasteiger partial charge in [0.15, 0.2) is 0 Å². The van der Waals surface area contributed by atoms with Gasteiger partial charge in [0.25, 0.3) is 0 Å². The predicted molar refractivity (Wildman–Crippen MR) is 78.3 cm³/mol. The van der Waals surface area contributed by atoms with Gasteiger partial charge in [-0.1, -0.05) is 15.9 Å². The molecule has 4 nitrogen and oxygen atoms in total. The average Bonchev–Trinajstić information content (AvgIpc) is 2.33. The van der Waals surface area contributed by atoms with Crippen LogP contribution in [0.1, 0.15) is 12.6 Å². The molecule has 0 atom stereocenters. The fourth-order valence-corrected chi connectivity index (χ4v) is 1.96. The number of halogens is 2. The Bertz CT molecular complexity index is 589. The third-order valence-electron chi connectivity index (χ3n) is 2.38. The van der Waals surface area contributed by atoms with Crippen LogP contribution in [0.5, 0.6) is 0 Å². The fraction of sp³-hybridized carbons (Fsp3) is 0.231. The monoisotopic (exact) mass is 324 g/mol. The van der Waals surface area contributed by atoms with E-state index in [9.17, 15) is 4.39 Å². The van der Waals surface area contributed by atoms with Crippen LogP contribution in [0.15, 0.2) is 28.7 Å². The van der Waals surface area contributed by atoms with Gasteiger partial charge in [-0.15, -0.1) is 0 Å². The molecule has 0 spiro atoms. The summed E-state index contributed by atoms with van der Waals surface area (Å²) in [6.45, 7) is 4.56. The van der Waals surface area contributed by atoms with Gasteiger partial charge in [0.05, 0.1) is 5.69 Å². The number of nitrogens with zero attached hydrogens (tertiary/aromatic N) is 2. The molecule has 1 aromatic heterocycles. The Hall–Kier alpha value is -1.69. The summed E-state index contributed by atoms with van der Waals surface area (Å²) in [7, 11) is 0. The number of nitrogens with one attached hydrogen (secondary N) is 2. The maximum atomic E-state index is 13.7. The van der Waals surface area contributed by atoms with E-state index in [0.29, 0.717) is 17.5 Å². The van der Waals surface area contributed by atoms with E-state index in [1.807, 2.05) is 13.8 Å². The number of aryl methyl sites for hydroxylation is 1. The minimum absolute atomic E-state index is 0.329. The lowest BCUT2D eigenvalue weighted by Crippen LogP contribution is -2.05. The highest BCUT2D eigenvalue weighted by Crippen LogP contribution is 2.23. The summed E-state index contributed by atoms with van der Waals surface area (Å²) >= 11 is 3.31. The van der Waals surface area contributed by atoms with Crippen molar-refractivity contribution in [1.82, 2.24) is 9.97 Å². The highest BCUT2D eigenvalue weighted by Gasteiger charge is 2.06. The average molecular weight is 325 g/mol. The lowest BCUT2D eigenvalue weighted by atomic mass is 10.3. The molecule has 0 radical (unpaired) electrons. The van der Waals surface area contributed by atoms with E-state index in [2.05, 4.69) is 36.5 Å². The first kappa shape index (κ1) is 13.7. The summed E-state index contributed by atoms with van der Waals surface area (Å²) in [5.41, 5.74) is 1.18. The van der Waals surface area contributed by atoms with Crippen LogP contribution >= 0.6 is 15.9 Å². The molecule has 0 fully saturated rings. The summed E-state index contributed by atoms with van der Waals surface area (Å²) < 4.78 is 14.5. The summed E-state index contributed by atoms with van der Waals surface area (Å²) in [6.07, 6.45) is 0. The first-order chi connectivity index (χ1) is 9.08. The molecule has 0 aliphatic rings. The maximum Gasteiger partial charge on any atom is 0.224 e. The standard InChI is InChI=1S/C13H14BrFN4/c1-3-16-13-17-8(2)6-12(19-13)18-11-7-9(14)4-5-10(11)15/h4-7H,3H2,1-2H3,(H2,16,17,18,19). The Kier molecular flexibility index (Phi) is 4.31. The molecule has 1 heterocycles. The molecule has 2 aromatic rings. The quantitative estimate of drug-likeness (QED) is 0.896. The first-order valence-electron chi connectivity index (χ1n) is 5.90. The van der Waals surface area contributed by atoms with Gasteiger partial charge in [0, 0.05) is 22.8 Å². The Morgan fingerprint density at radius 2 is 2.05 bits per heavy atom. The molecule has 2 rings (SSSR count). The molecule has 0 aliphatic heterocycles. The second kappa shape index (κ2) is 5.97. The molecule has 0 unspecified atom stereocenters. The predicted octanol–water partition coefficient (Wildman–Crippen LogP) is 3.86. The summed E-state index contributed by atoms with van der Waals surface area (Å²) in [5, 5.41) is 5.99. The molecule has 19 heavy (non-hydrogen) atoms. The van der Waals surface area contributed by atoms with Crippen LogP contribution in [0, 0.1) is 12.7 Å². The van der Waals surface area contributed by atoms with E-state index in [1.165, 1.54) is 6.07 Å². The van der Waals surface area contributed by atoms with Crippen LogP contribution in [0.4, 0.5) is 21.8 Å². The summed E-state index contributed by atoms with van der Waals surface area (Å²) in [5.74, 6) is 0.755. The largest absolute Gasteiger partial charge is 0.354 e.